The van der Waals surface area contributed by atoms with Gasteiger partial charge >= 0.3 is 0 Å². The third kappa shape index (κ3) is 3.48. The Hall–Kier alpha value is -1.06. The van der Waals surface area contributed by atoms with Crippen molar-refractivity contribution in [2.24, 2.45) is 5.73 Å². The Balaban J connectivity index is 2.13. The summed E-state index contributed by atoms with van der Waals surface area (Å²) in [6, 6.07) is 9.61. The van der Waals surface area contributed by atoms with Gasteiger partial charge in [-0.3, -0.25) is 0 Å². The Bertz CT molecular complexity index is 385. The van der Waals surface area contributed by atoms with Gasteiger partial charge in [0.25, 0.3) is 0 Å². The Kier molecular flexibility index (Phi) is 4.83. The fourth-order valence-electron chi connectivity index (χ4n) is 2.84. The summed E-state index contributed by atoms with van der Waals surface area (Å²) in [6.45, 7) is 8.58. The van der Waals surface area contributed by atoms with E-state index in [2.05, 4.69) is 55.0 Å². The maximum Gasteiger partial charge on any atom is 0.0429 e. The number of hydrogen-bond acceptors (Lipinski definition) is 3. The smallest absolute Gasteiger partial charge is 0.0429 e. The number of anilines is 1. The first-order chi connectivity index (χ1) is 9.11. The number of benzene rings is 1. The van der Waals surface area contributed by atoms with E-state index in [1.165, 1.54) is 11.3 Å². The van der Waals surface area contributed by atoms with Crippen LogP contribution in [-0.4, -0.2) is 44.2 Å². The van der Waals surface area contributed by atoms with Gasteiger partial charge in [0.15, 0.2) is 0 Å². The number of likely N-dealkylation sites (N-methyl/N-ethyl adjacent to an activating group) is 1. The summed E-state index contributed by atoms with van der Waals surface area (Å²) in [4.78, 5) is 4.93. The van der Waals surface area contributed by atoms with Gasteiger partial charge in [-0.15, -0.1) is 0 Å². The van der Waals surface area contributed by atoms with Crippen LogP contribution >= 0.6 is 0 Å². The first-order valence-corrected chi connectivity index (χ1v) is 7.37. The van der Waals surface area contributed by atoms with Gasteiger partial charge in [-0.25, -0.2) is 0 Å². The fraction of sp³-hybridized carbons (Fsp3) is 0.625. The lowest BCUT2D eigenvalue weighted by molar-refractivity contribution is 0.262. The van der Waals surface area contributed by atoms with E-state index in [0.29, 0.717) is 12.0 Å². The summed E-state index contributed by atoms with van der Waals surface area (Å²) in [7, 11) is 2.20. The van der Waals surface area contributed by atoms with Crippen LogP contribution in [0.1, 0.15) is 31.7 Å². The molecule has 1 heterocycles. The Morgan fingerprint density at radius 3 is 2.47 bits per heavy atom. The summed E-state index contributed by atoms with van der Waals surface area (Å²) in [5.74, 6) is 0.598. The Labute approximate surface area is 117 Å². The molecule has 1 aliphatic rings. The molecular formula is C16H27N3. The van der Waals surface area contributed by atoms with Crippen molar-refractivity contribution in [2.45, 2.75) is 32.2 Å². The van der Waals surface area contributed by atoms with E-state index >= 15 is 0 Å². The molecule has 2 N–H and O–H groups in total. The van der Waals surface area contributed by atoms with Gasteiger partial charge in [0.1, 0.15) is 0 Å². The van der Waals surface area contributed by atoms with E-state index < -0.39 is 0 Å². The molecule has 0 spiro atoms. The van der Waals surface area contributed by atoms with Gasteiger partial charge in [-0.2, -0.15) is 0 Å². The highest BCUT2D eigenvalue weighted by Gasteiger charge is 2.24. The molecule has 1 aliphatic heterocycles. The second-order valence-corrected chi connectivity index (χ2v) is 5.93. The molecule has 1 fully saturated rings. The van der Waals surface area contributed by atoms with Crippen LogP contribution < -0.4 is 10.6 Å². The number of piperazine rings is 1. The van der Waals surface area contributed by atoms with Crippen LogP contribution in [0.15, 0.2) is 24.3 Å². The van der Waals surface area contributed by atoms with E-state index in [-0.39, 0.29) is 0 Å². The van der Waals surface area contributed by atoms with Crippen LogP contribution in [0.3, 0.4) is 0 Å². The second kappa shape index (κ2) is 6.40. The third-order valence-corrected chi connectivity index (χ3v) is 4.08. The van der Waals surface area contributed by atoms with Gasteiger partial charge in [0.2, 0.25) is 0 Å². The van der Waals surface area contributed by atoms with Crippen molar-refractivity contribution in [2.75, 3.05) is 38.1 Å². The minimum absolute atomic E-state index is 0.550. The molecule has 3 nitrogen and oxygen atoms in total. The quantitative estimate of drug-likeness (QED) is 0.902. The predicted octanol–water partition coefficient (Wildman–Crippen LogP) is 2.28. The molecular weight excluding hydrogens is 234 g/mol. The molecule has 2 rings (SSSR count). The third-order valence-electron chi connectivity index (χ3n) is 4.08. The van der Waals surface area contributed by atoms with Gasteiger partial charge in [-0.05, 0) is 43.6 Å². The minimum Gasteiger partial charge on any atom is -0.366 e. The van der Waals surface area contributed by atoms with Gasteiger partial charge < -0.3 is 15.5 Å². The highest BCUT2D eigenvalue weighted by Crippen LogP contribution is 2.24. The molecule has 1 aromatic carbocycles. The van der Waals surface area contributed by atoms with Crippen molar-refractivity contribution in [3.8, 4) is 0 Å². The highest BCUT2D eigenvalue weighted by atomic mass is 15.3. The monoisotopic (exact) mass is 261 g/mol. The van der Waals surface area contributed by atoms with Crippen LogP contribution in [-0.2, 0) is 0 Å². The Morgan fingerprint density at radius 1 is 1.21 bits per heavy atom. The van der Waals surface area contributed by atoms with Crippen LogP contribution in [0.2, 0.25) is 0 Å². The molecule has 0 radical (unpaired) electrons. The lowest BCUT2D eigenvalue weighted by Gasteiger charge is -2.41. The SMILES string of the molecule is CC(C)c1ccc(N2CCN(C)CC2CCN)cc1. The molecule has 0 aliphatic carbocycles. The first-order valence-electron chi connectivity index (χ1n) is 7.37. The lowest BCUT2D eigenvalue weighted by Crippen LogP contribution is -2.52. The molecule has 1 atom stereocenters. The summed E-state index contributed by atoms with van der Waals surface area (Å²) in [6.07, 6.45) is 1.07. The van der Waals surface area contributed by atoms with Crippen molar-refractivity contribution in [1.29, 1.82) is 0 Å². The average Bonchev–Trinajstić information content (AvgIpc) is 2.39. The van der Waals surface area contributed by atoms with Gasteiger partial charge in [0.05, 0.1) is 0 Å². The molecule has 3 heteroatoms. The molecule has 106 valence electrons. The molecule has 0 amide bonds. The lowest BCUT2D eigenvalue weighted by atomic mass is 10.0. The number of nitrogens with two attached hydrogens (primary N) is 1. The minimum atomic E-state index is 0.550. The molecule has 1 saturated heterocycles. The predicted molar refractivity (Wildman–Crippen MR) is 82.8 cm³/mol. The van der Waals surface area contributed by atoms with Crippen molar-refractivity contribution in [1.82, 2.24) is 4.90 Å². The average molecular weight is 261 g/mol. The number of nitrogens with zero attached hydrogens (tertiary/aromatic N) is 2. The largest absolute Gasteiger partial charge is 0.366 e. The van der Waals surface area contributed by atoms with Crippen LogP contribution in [0, 0.1) is 0 Å². The molecule has 1 aromatic rings. The van der Waals surface area contributed by atoms with Gasteiger partial charge in [0, 0.05) is 31.4 Å². The molecule has 0 saturated carbocycles. The van der Waals surface area contributed by atoms with Crippen molar-refractivity contribution >= 4 is 5.69 Å². The maximum atomic E-state index is 5.76. The van der Waals surface area contributed by atoms with E-state index in [1.807, 2.05) is 0 Å². The summed E-state index contributed by atoms with van der Waals surface area (Å²) in [5, 5.41) is 0. The highest BCUT2D eigenvalue weighted by molar-refractivity contribution is 5.49. The van der Waals surface area contributed by atoms with Gasteiger partial charge in [-0.1, -0.05) is 26.0 Å². The Morgan fingerprint density at radius 2 is 1.89 bits per heavy atom. The summed E-state index contributed by atoms with van der Waals surface area (Å²) in [5.41, 5.74) is 8.52. The van der Waals surface area contributed by atoms with Crippen LogP contribution in [0.5, 0.6) is 0 Å². The summed E-state index contributed by atoms with van der Waals surface area (Å²) < 4.78 is 0. The van der Waals surface area contributed by atoms with Crippen molar-refractivity contribution < 1.29 is 0 Å². The van der Waals surface area contributed by atoms with E-state index in [1.54, 1.807) is 0 Å². The molecule has 0 bridgehead atoms. The topological polar surface area (TPSA) is 32.5 Å². The molecule has 0 aromatic heterocycles. The fourth-order valence-corrected chi connectivity index (χ4v) is 2.84. The summed E-state index contributed by atoms with van der Waals surface area (Å²) >= 11 is 0. The molecule has 19 heavy (non-hydrogen) atoms. The van der Waals surface area contributed by atoms with Crippen LogP contribution in [0.25, 0.3) is 0 Å². The van der Waals surface area contributed by atoms with E-state index in [0.717, 1.165) is 32.6 Å². The molecule has 1 unspecified atom stereocenters. The first kappa shape index (κ1) is 14.4. The number of rotatable bonds is 4. The zero-order chi connectivity index (χ0) is 13.8. The number of hydrogen-bond donors (Lipinski definition) is 1. The standard InChI is InChI=1S/C16H27N3/c1-13(2)14-4-6-15(7-5-14)19-11-10-18(3)12-16(19)8-9-17/h4-7,13,16H,8-12,17H2,1-3H3. The maximum absolute atomic E-state index is 5.76. The zero-order valence-electron chi connectivity index (χ0n) is 12.5. The van der Waals surface area contributed by atoms with Crippen molar-refractivity contribution in [3.05, 3.63) is 29.8 Å². The normalized spacial score (nSPS) is 21.1. The zero-order valence-corrected chi connectivity index (χ0v) is 12.5. The van der Waals surface area contributed by atoms with E-state index in [9.17, 15) is 0 Å². The van der Waals surface area contributed by atoms with Crippen molar-refractivity contribution in [3.63, 3.8) is 0 Å². The second-order valence-electron chi connectivity index (χ2n) is 5.93. The van der Waals surface area contributed by atoms with E-state index in [4.69, 9.17) is 5.73 Å². The van der Waals surface area contributed by atoms with Crippen LogP contribution in [0.4, 0.5) is 5.69 Å².